The zero-order valence-corrected chi connectivity index (χ0v) is 15.4. The van der Waals surface area contributed by atoms with Crippen molar-refractivity contribution in [3.05, 3.63) is 59.7 Å². The first-order valence-electron chi connectivity index (χ1n) is 9.01. The lowest BCUT2D eigenvalue weighted by Gasteiger charge is -2.27. The Balaban J connectivity index is 1.62. The summed E-state index contributed by atoms with van der Waals surface area (Å²) in [6.07, 6.45) is 6.78. The lowest BCUT2D eigenvalue weighted by Crippen LogP contribution is -2.38. The summed E-state index contributed by atoms with van der Waals surface area (Å²) < 4.78 is 0. The Morgan fingerprint density at radius 1 is 1.14 bits per heavy atom. The molecule has 1 fully saturated rings. The number of nitrogens with zero attached hydrogens (tertiary/aromatic N) is 6. The minimum atomic E-state index is -0.334. The van der Waals surface area contributed by atoms with Gasteiger partial charge in [-0.25, -0.2) is 4.98 Å². The number of pyridine rings is 1. The van der Waals surface area contributed by atoms with Gasteiger partial charge >= 0.3 is 0 Å². The standard InChI is InChI=1S/C18H20N8O2/c1-12-22-16(24-23-12)15-4-6-25(17(27)14-10-20-21-11-14)7-8-26(15)18(28)13-3-2-5-19-9-13/h2-3,5,9-11,15H,4,6-8H2,1H3,(H,20,21)(H,22,23,24). The monoisotopic (exact) mass is 380 g/mol. The Morgan fingerprint density at radius 2 is 2.04 bits per heavy atom. The third-order valence-electron chi connectivity index (χ3n) is 4.77. The maximum atomic E-state index is 13.1. The van der Waals surface area contributed by atoms with E-state index in [0.717, 1.165) is 0 Å². The molecule has 1 unspecified atom stereocenters. The molecule has 1 aliphatic rings. The van der Waals surface area contributed by atoms with Gasteiger partial charge < -0.3 is 9.80 Å². The summed E-state index contributed by atoms with van der Waals surface area (Å²) in [5.74, 6) is 0.958. The van der Waals surface area contributed by atoms with Crippen molar-refractivity contribution in [3.8, 4) is 0 Å². The van der Waals surface area contributed by atoms with E-state index >= 15 is 0 Å². The number of hydrogen-bond acceptors (Lipinski definition) is 6. The molecular formula is C18H20N8O2. The molecule has 3 aromatic rings. The van der Waals surface area contributed by atoms with Crippen LogP contribution in [0.25, 0.3) is 0 Å². The van der Waals surface area contributed by atoms with E-state index in [-0.39, 0.29) is 17.9 Å². The normalized spacial score (nSPS) is 17.4. The van der Waals surface area contributed by atoms with Crippen LogP contribution in [0.3, 0.4) is 0 Å². The fourth-order valence-corrected chi connectivity index (χ4v) is 3.36. The molecule has 0 radical (unpaired) electrons. The number of hydrogen-bond donors (Lipinski definition) is 2. The second-order valence-corrected chi connectivity index (χ2v) is 6.60. The predicted molar refractivity (Wildman–Crippen MR) is 98.2 cm³/mol. The van der Waals surface area contributed by atoms with Crippen LogP contribution in [0, 0.1) is 6.92 Å². The quantitative estimate of drug-likeness (QED) is 0.697. The van der Waals surface area contributed by atoms with E-state index in [1.165, 1.54) is 6.20 Å². The Hall–Kier alpha value is -3.56. The molecule has 4 rings (SSSR count). The smallest absolute Gasteiger partial charge is 0.257 e. The number of aryl methyl sites for hydroxylation is 1. The number of H-pyrrole nitrogens is 2. The van der Waals surface area contributed by atoms with Crippen LogP contribution < -0.4 is 0 Å². The molecule has 0 saturated carbocycles. The van der Waals surface area contributed by atoms with E-state index in [2.05, 4.69) is 30.4 Å². The number of aromatic amines is 2. The molecule has 0 bridgehead atoms. The number of carbonyl (C=O) groups excluding carboxylic acids is 2. The van der Waals surface area contributed by atoms with Crippen molar-refractivity contribution in [1.82, 2.24) is 40.2 Å². The Bertz CT molecular complexity index is 953. The highest BCUT2D eigenvalue weighted by Crippen LogP contribution is 2.26. The van der Waals surface area contributed by atoms with Crippen molar-refractivity contribution in [3.63, 3.8) is 0 Å². The van der Waals surface area contributed by atoms with Crippen molar-refractivity contribution >= 4 is 11.8 Å². The summed E-state index contributed by atoms with van der Waals surface area (Å²) in [5, 5.41) is 13.6. The number of amides is 2. The zero-order chi connectivity index (χ0) is 19.5. The van der Waals surface area contributed by atoms with Crippen LogP contribution in [-0.2, 0) is 0 Å². The first-order chi connectivity index (χ1) is 13.6. The highest BCUT2D eigenvalue weighted by Gasteiger charge is 2.33. The first kappa shape index (κ1) is 17.8. The molecule has 28 heavy (non-hydrogen) atoms. The van der Waals surface area contributed by atoms with Crippen LogP contribution in [0.15, 0.2) is 36.9 Å². The molecule has 4 heterocycles. The Labute approximate surface area is 161 Å². The number of nitrogens with one attached hydrogen (secondary N) is 2. The number of rotatable bonds is 3. The topological polar surface area (TPSA) is 124 Å². The molecule has 0 aliphatic carbocycles. The van der Waals surface area contributed by atoms with Gasteiger partial charge in [-0.15, -0.1) is 0 Å². The average Bonchev–Trinajstić information content (AvgIpc) is 3.35. The summed E-state index contributed by atoms with van der Waals surface area (Å²) in [4.78, 5) is 37.8. The lowest BCUT2D eigenvalue weighted by molar-refractivity contribution is 0.0664. The largest absolute Gasteiger partial charge is 0.337 e. The van der Waals surface area contributed by atoms with E-state index in [4.69, 9.17) is 0 Å². The molecule has 0 aromatic carbocycles. The molecule has 1 atom stereocenters. The van der Waals surface area contributed by atoms with E-state index < -0.39 is 0 Å². The summed E-state index contributed by atoms with van der Waals surface area (Å²) in [7, 11) is 0. The third kappa shape index (κ3) is 3.48. The van der Waals surface area contributed by atoms with Gasteiger partial charge in [0.05, 0.1) is 23.4 Å². The number of aromatic nitrogens is 6. The van der Waals surface area contributed by atoms with Gasteiger partial charge in [-0.1, -0.05) is 0 Å². The summed E-state index contributed by atoms with van der Waals surface area (Å²) in [6.45, 7) is 3.08. The number of carbonyl (C=O) groups is 2. The van der Waals surface area contributed by atoms with E-state index in [1.807, 2.05) is 6.92 Å². The van der Waals surface area contributed by atoms with Crippen LogP contribution in [-0.4, -0.2) is 71.6 Å². The summed E-state index contributed by atoms with van der Waals surface area (Å²) in [6, 6.07) is 3.13. The fraction of sp³-hybridized carbons (Fsp3) is 0.333. The van der Waals surface area contributed by atoms with Crippen LogP contribution in [0.4, 0.5) is 0 Å². The van der Waals surface area contributed by atoms with Crippen molar-refractivity contribution in [2.45, 2.75) is 19.4 Å². The Morgan fingerprint density at radius 3 is 2.71 bits per heavy atom. The molecule has 144 valence electrons. The van der Waals surface area contributed by atoms with Gasteiger partial charge in [-0.05, 0) is 25.5 Å². The third-order valence-corrected chi connectivity index (χ3v) is 4.77. The second kappa shape index (κ2) is 7.59. The van der Waals surface area contributed by atoms with Gasteiger partial charge in [0, 0.05) is 38.2 Å². The van der Waals surface area contributed by atoms with Crippen molar-refractivity contribution < 1.29 is 9.59 Å². The molecule has 0 spiro atoms. The molecule has 2 N–H and O–H groups in total. The fourth-order valence-electron chi connectivity index (χ4n) is 3.36. The molecule has 1 aliphatic heterocycles. The molecule has 10 nitrogen and oxygen atoms in total. The predicted octanol–water partition coefficient (Wildman–Crippen LogP) is 0.961. The zero-order valence-electron chi connectivity index (χ0n) is 15.4. The van der Waals surface area contributed by atoms with Crippen molar-refractivity contribution in [2.24, 2.45) is 0 Å². The van der Waals surface area contributed by atoms with Gasteiger partial charge in [0.2, 0.25) is 0 Å². The maximum absolute atomic E-state index is 13.1. The van der Waals surface area contributed by atoms with E-state index in [9.17, 15) is 9.59 Å². The maximum Gasteiger partial charge on any atom is 0.257 e. The Kier molecular flexibility index (Phi) is 4.83. The summed E-state index contributed by atoms with van der Waals surface area (Å²) in [5.41, 5.74) is 0.992. The first-order valence-corrected chi connectivity index (χ1v) is 9.01. The van der Waals surface area contributed by atoms with Gasteiger partial charge in [0.1, 0.15) is 5.82 Å². The highest BCUT2D eigenvalue weighted by molar-refractivity contribution is 5.95. The van der Waals surface area contributed by atoms with Gasteiger partial charge in [-0.2, -0.15) is 10.2 Å². The molecule has 10 heteroatoms. The van der Waals surface area contributed by atoms with Gasteiger partial charge in [0.15, 0.2) is 5.82 Å². The lowest BCUT2D eigenvalue weighted by atomic mass is 10.1. The molecular weight excluding hydrogens is 360 g/mol. The van der Waals surface area contributed by atoms with Crippen molar-refractivity contribution in [1.29, 1.82) is 0 Å². The van der Waals surface area contributed by atoms with Crippen LogP contribution in [0.2, 0.25) is 0 Å². The molecule has 3 aromatic heterocycles. The van der Waals surface area contributed by atoms with Crippen LogP contribution >= 0.6 is 0 Å². The molecule has 1 saturated heterocycles. The minimum Gasteiger partial charge on any atom is -0.337 e. The average molecular weight is 380 g/mol. The summed E-state index contributed by atoms with van der Waals surface area (Å²) >= 11 is 0. The van der Waals surface area contributed by atoms with Crippen LogP contribution in [0.5, 0.6) is 0 Å². The van der Waals surface area contributed by atoms with E-state index in [0.29, 0.717) is 48.8 Å². The van der Waals surface area contributed by atoms with Gasteiger partial charge in [-0.3, -0.25) is 24.8 Å². The highest BCUT2D eigenvalue weighted by atomic mass is 16.2. The van der Waals surface area contributed by atoms with E-state index in [1.54, 1.807) is 40.5 Å². The van der Waals surface area contributed by atoms with Crippen molar-refractivity contribution in [2.75, 3.05) is 19.6 Å². The van der Waals surface area contributed by atoms with Crippen LogP contribution in [0.1, 0.15) is 44.8 Å². The SMILES string of the molecule is Cc1nc(C2CCN(C(=O)c3cn[nH]c3)CCN2C(=O)c2cccnc2)n[nH]1. The molecule has 2 amide bonds. The minimum absolute atomic E-state index is 0.116. The van der Waals surface area contributed by atoms with Gasteiger partial charge in [0.25, 0.3) is 11.8 Å². The second-order valence-electron chi connectivity index (χ2n) is 6.60.